The van der Waals surface area contributed by atoms with Crippen LogP contribution in [0.15, 0.2) is 52.7 Å². The Hall–Kier alpha value is -3.61. The fraction of sp³-hybridized carbons (Fsp3) is 0.240. The number of amides is 1. The van der Waals surface area contributed by atoms with E-state index in [1.54, 1.807) is 24.3 Å². The average molecular weight is 510 g/mol. The van der Waals surface area contributed by atoms with Crippen LogP contribution in [-0.2, 0) is 11.4 Å². The minimum absolute atomic E-state index is 0.127. The van der Waals surface area contributed by atoms with E-state index < -0.39 is 0 Å². The van der Waals surface area contributed by atoms with Gasteiger partial charge in [0.2, 0.25) is 0 Å². The number of hydrogen-bond donors (Lipinski definition) is 1. The second-order valence-corrected chi connectivity index (χ2v) is 8.69. The predicted molar refractivity (Wildman–Crippen MR) is 136 cm³/mol. The van der Waals surface area contributed by atoms with Crippen molar-refractivity contribution in [3.8, 4) is 17.6 Å². The van der Waals surface area contributed by atoms with Crippen LogP contribution in [0.4, 0.5) is 0 Å². The lowest BCUT2D eigenvalue weighted by atomic mass is 10.1. The van der Waals surface area contributed by atoms with Gasteiger partial charge in [0.25, 0.3) is 5.91 Å². The van der Waals surface area contributed by atoms with Crippen molar-refractivity contribution < 1.29 is 14.3 Å². The number of carbonyl (C=O) groups excluding carboxylic acids is 1. The summed E-state index contributed by atoms with van der Waals surface area (Å²) in [5.74, 6) is 0.639. The number of hydrazone groups is 1. The maximum atomic E-state index is 12.1. The first-order valence-electron chi connectivity index (χ1n) is 10.7. The Labute approximate surface area is 213 Å². The molecule has 35 heavy (non-hydrogen) atoms. The lowest BCUT2D eigenvalue weighted by Gasteiger charge is -2.15. The number of nitriles is 1. The zero-order valence-electron chi connectivity index (χ0n) is 19.5. The predicted octanol–water partition coefficient (Wildman–Crippen LogP) is 4.84. The normalized spacial score (nSPS) is 10.7. The summed E-state index contributed by atoms with van der Waals surface area (Å²) in [6.07, 6.45) is 1.47. The highest BCUT2D eigenvalue weighted by molar-refractivity contribution is 7.99. The van der Waals surface area contributed by atoms with Gasteiger partial charge in [0, 0.05) is 17.0 Å². The molecule has 1 N–H and O–H groups in total. The van der Waals surface area contributed by atoms with Gasteiger partial charge >= 0.3 is 0 Å². The summed E-state index contributed by atoms with van der Waals surface area (Å²) in [5, 5.41) is 14.1. The largest absolute Gasteiger partial charge is 0.490 e. The van der Waals surface area contributed by atoms with Gasteiger partial charge in [0.05, 0.1) is 35.2 Å². The Morgan fingerprint density at radius 1 is 1.20 bits per heavy atom. The number of nitrogens with zero attached hydrogens (tertiary/aromatic N) is 4. The lowest BCUT2D eigenvalue weighted by molar-refractivity contribution is -0.118. The topological polar surface area (TPSA) is 109 Å². The van der Waals surface area contributed by atoms with Crippen LogP contribution in [-0.4, -0.2) is 34.4 Å². The molecule has 0 aliphatic heterocycles. The lowest BCUT2D eigenvalue weighted by Crippen LogP contribution is -2.19. The number of aryl methyl sites for hydroxylation is 2. The summed E-state index contributed by atoms with van der Waals surface area (Å²) in [7, 11) is 0. The third kappa shape index (κ3) is 7.70. The van der Waals surface area contributed by atoms with E-state index in [9.17, 15) is 10.1 Å². The van der Waals surface area contributed by atoms with Crippen LogP contribution in [0.2, 0.25) is 5.02 Å². The van der Waals surface area contributed by atoms with Crippen LogP contribution in [0.5, 0.6) is 11.5 Å². The zero-order valence-corrected chi connectivity index (χ0v) is 21.1. The molecule has 0 saturated carbocycles. The maximum absolute atomic E-state index is 12.1. The van der Waals surface area contributed by atoms with Gasteiger partial charge in [0.1, 0.15) is 6.61 Å². The number of ether oxygens (including phenoxy) is 2. The Morgan fingerprint density at radius 2 is 1.94 bits per heavy atom. The first kappa shape index (κ1) is 26.0. The minimum atomic E-state index is -0.291. The SMILES string of the molecule is CCOc1cc(/C=N\NC(=O)CSc2nc(C)cc(C)n2)cc(Cl)c1OCc1ccccc1C#N. The summed E-state index contributed by atoms with van der Waals surface area (Å²) < 4.78 is 11.6. The molecule has 0 fully saturated rings. The van der Waals surface area contributed by atoms with E-state index in [0.29, 0.717) is 39.4 Å². The standard InChI is InChI=1S/C25H24ClN5O3S/c1-4-33-22-11-18(10-21(26)24(22)34-14-20-8-6-5-7-19(20)12-27)13-28-31-23(32)15-35-25-29-16(2)9-17(3)30-25/h5-11,13H,4,14-15H2,1-3H3,(H,31,32)/b28-13-. The average Bonchev–Trinajstić information content (AvgIpc) is 2.82. The Balaban J connectivity index is 1.64. The first-order valence-corrected chi connectivity index (χ1v) is 12.1. The van der Waals surface area contributed by atoms with Crippen molar-refractivity contribution in [1.29, 1.82) is 5.26 Å². The Kier molecular flexibility index (Phi) is 9.47. The fourth-order valence-corrected chi connectivity index (χ4v) is 4.09. The van der Waals surface area contributed by atoms with Gasteiger partial charge in [-0.3, -0.25) is 4.79 Å². The Bertz CT molecular complexity index is 1260. The molecule has 1 heterocycles. The van der Waals surface area contributed by atoms with Crippen LogP contribution in [0.1, 0.15) is 35.0 Å². The van der Waals surface area contributed by atoms with Crippen LogP contribution in [0.3, 0.4) is 0 Å². The van der Waals surface area contributed by atoms with Crippen LogP contribution < -0.4 is 14.9 Å². The molecule has 0 spiro atoms. The molecule has 3 rings (SSSR count). The molecule has 0 aliphatic rings. The second kappa shape index (κ2) is 12.7. The zero-order chi connectivity index (χ0) is 25.2. The molecule has 0 atom stereocenters. The molecule has 3 aromatic rings. The number of aromatic nitrogens is 2. The van der Waals surface area contributed by atoms with Gasteiger partial charge < -0.3 is 9.47 Å². The number of benzene rings is 2. The molecule has 0 saturated heterocycles. The number of carbonyl (C=O) groups is 1. The van der Waals surface area contributed by atoms with Crippen molar-refractivity contribution >= 4 is 35.5 Å². The van der Waals surface area contributed by atoms with Crippen LogP contribution in [0.25, 0.3) is 0 Å². The van der Waals surface area contributed by atoms with Crippen molar-refractivity contribution in [1.82, 2.24) is 15.4 Å². The monoisotopic (exact) mass is 509 g/mol. The maximum Gasteiger partial charge on any atom is 0.250 e. The minimum Gasteiger partial charge on any atom is -0.490 e. The summed E-state index contributed by atoms with van der Waals surface area (Å²) in [6.45, 7) is 6.17. The van der Waals surface area contributed by atoms with Gasteiger partial charge in [-0.25, -0.2) is 15.4 Å². The number of rotatable bonds is 10. The van der Waals surface area contributed by atoms with E-state index in [2.05, 4.69) is 26.6 Å². The molecule has 0 radical (unpaired) electrons. The van der Waals surface area contributed by atoms with Gasteiger partial charge in [-0.2, -0.15) is 10.4 Å². The van der Waals surface area contributed by atoms with E-state index in [1.807, 2.05) is 39.0 Å². The number of halogens is 1. The molecule has 0 aliphatic carbocycles. The highest BCUT2D eigenvalue weighted by Gasteiger charge is 2.14. The van der Waals surface area contributed by atoms with Gasteiger partial charge in [-0.1, -0.05) is 41.6 Å². The summed E-state index contributed by atoms with van der Waals surface area (Å²) >= 11 is 7.70. The van der Waals surface area contributed by atoms with Crippen molar-refractivity contribution in [2.75, 3.05) is 12.4 Å². The third-order valence-corrected chi connectivity index (χ3v) is 5.67. The molecular weight excluding hydrogens is 486 g/mol. The van der Waals surface area contributed by atoms with Gasteiger partial charge in [0.15, 0.2) is 16.7 Å². The smallest absolute Gasteiger partial charge is 0.250 e. The van der Waals surface area contributed by atoms with Crippen molar-refractivity contribution in [2.45, 2.75) is 32.5 Å². The van der Waals surface area contributed by atoms with E-state index in [0.717, 1.165) is 17.0 Å². The van der Waals surface area contributed by atoms with Gasteiger partial charge in [-0.15, -0.1) is 0 Å². The van der Waals surface area contributed by atoms with E-state index in [4.69, 9.17) is 21.1 Å². The summed E-state index contributed by atoms with van der Waals surface area (Å²) in [6, 6.07) is 14.6. The fourth-order valence-electron chi connectivity index (χ4n) is 3.07. The van der Waals surface area contributed by atoms with E-state index in [1.165, 1.54) is 18.0 Å². The van der Waals surface area contributed by atoms with Crippen LogP contribution >= 0.6 is 23.4 Å². The second-order valence-electron chi connectivity index (χ2n) is 7.34. The van der Waals surface area contributed by atoms with Crippen molar-refractivity contribution in [3.05, 3.63) is 75.6 Å². The quantitative estimate of drug-likeness (QED) is 0.180. The Morgan fingerprint density at radius 3 is 2.66 bits per heavy atom. The summed E-state index contributed by atoms with van der Waals surface area (Å²) in [5.41, 5.74) is 6.07. The molecule has 0 unspecified atom stereocenters. The molecular formula is C25H24ClN5O3S. The van der Waals surface area contributed by atoms with E-state index >= 15 is 0 Å². The molecule has 0 bridgehead atoms. The molecule has 1 amide bonds. The molecule has 10 heteroatoms. The highest BCUT2D eigenvalue weighted by Crippen LogP contribution is 2.37. The molecule has 8 nitrogen and oxygen atoms in total. The number of hydrogen-bond acceptors (Lipinski definition) is 8. The van der Waals surface area contributed by atoms with Crippen molar-refractivity contribution in [2.24, 2.45) is 5.10 Å². The van der Waals surface area contributed by atoms with Gasteiger partial charge in [-0.05, 0) is 50.6 Å². The first-order chi connectivity index (χ1) is 16.9. The highest BCUT2D eigenvalue weighted by atomic mass is 35.5. The molecule has 2 aromatic carbocycles. The summed E-state index contributed by atoms with van der Waals surface area (Å²) in [4.78, 5) is 20.7. The third-order valence-electron chi connectivity index (χ3n) is 4.54. The van der Waals surface area contributed by atoms with Crippen LogP contribution in [0, 0.1) is 25.2 Å². The molecule has 180 valence electrons. The molecule has 1 aromatic heterocycles. The number of thioether (sulfide) groups is 1. The number of nitrogens with one attached hydrogen (secondary N) is 1. The van der Waals surface area contributed by atoms with E-state index in [-0.39, 0.29) is 18.3 Å². The van der Waals surface area contributed by atoms with Crippen molar-refractivity contribution in [3.63, 3.8) is 0 Å².